The fourth-order valence-corrected chi connectivity index (χ4v) is 2.98. The van der Waals surface area contributed by atoms with Gasteiger partial charge in [-0.05, 0) is 33.5 Å². The van der Waals surface area contributed by atoms with Crippen LogP contribution in [0.25, 0.3) is 11.1 Å². The summed E-state index contributed by atoms with van der Waals surface area (Å²) in [7, 11) is 0. The zero-order valence-corrected chi connectivity index (χ0v) is 15.5. The molecule has 4 rings (SSSR count). The first-order valence-electron chi connectivity index (χ1n) is 8.80. The van der Waals surface area contributed by atoms with Crippen molar-refractivity contribution in [2.75, 3.05) is 0 Å². The van der Waals surface area contributed by atoms with Crippen LogP contribution in [0.15, 0.2) is 54.9 Å². The Morgan fingerprint density at radius 2 is 1.70 bits per heavy atom. The van der Waals surface area contributed by atoms with Crippen molar-refractivity contribution < 1.29 is 19.8 Å². The number of hydrogen-bond donors (Lipinski definition) is 2. The van der Waals surface area contributed by atoms with E-state index in [1.165, 1.54) is 15.8 Å². The predicted octanol–water partition coefficient (Wildman–Crippen LogP) is 1.42. The highest BCUT2D eigenvalue weighted by Crippen LogP contribution is 2.25. The molecule has 4 aromatic rings. The van der Waals surface area contributed by atoms with E-state index in [1.807, 2.05) is 48.5 Å². The second-order valence-corrected chi connectivity index (χ2v) is 6.38. The highest BCUT2D eigenvalue weighted by atomic mass is 16.4. The fourth-order valence-electron chi connectivity index (χ4n) is 2.98. The Labute approximate surface area is 169 Å². The van der Waals surface area contributed by atoms with Crippen LogP contribution in [0.5, 0.6) is 0 Å². The van der Waals surface area contributed by atoms with Crippen molar-refractivity contribution >= 4 is 11.9 Å². The number of tetrazole rings is 1. The molecule has 0 aliphatic rings. The van der Waals surface area contributed by atoms with Crippen LogP contribution in [-0.4, -0.2) is 57.1 Å². The third-order valence-electron chi connectivity index (χ3n) is 4.28. The molecular formula is C19H15N7O4. The monoisotopic (exact) mass is 405 g/mol. The Morgan fingerprint density at radius 3 is 2.43 bits per heavy atom. The molecule has 0 saturated carbocycles. The van der Waals surface area contributed by atoms with E-state index in [1.54, 1.807) is 0 Å². The fraction of sp³-hybridized carbons (Fsp3) is 0.105. The third-order valence-corrected chi connectivity index (χ3v) is 4.28. The lowest BCUT2D eigenvalue weighted by atomic mass is 9.98. The average Bonchev–Trinajstić information content (AvgIpc) is 3.39. The van der Waals surface area contributed by atoms with E-state index in [2.05, 4.69) is 25.5 Å². The molecule has 11 nitrogen and oxygen atoms in total. The molecule has 0 saturated heterocycles. The summed E-state index contributed by atoms with van der Waals surface area (Å²) in [5, 5.41) is 33.0. The maximum atomic E-state index is 11.0. The molecule has 0 atom stereocenters. The summed E-state index contributed by atoms with van der Waals surface area (Å²) in [5.74, 6) is -3.02. The van der Waals surface area contributed by atoms with Gasteiger partial charge in [0.2, 0.25) is 0 Å². The maximum Gasteiger partial charge on any atom is 0.377 e. The Kier molecular flexibility index (Phi) is 4.99. The number of carboxylic acid groups (broad SMARTS) is 2. The molecule has 2 heterocycles. The van der Waals surface area contributed by atoms with E-state index in [0.717, 1.165) is 22.3 Å². The lowest BCUT2D eigenvalue weighted by Gasteiger charge is -2.10. The summed E-state index contributed by atoms with van der Waals surface area (Å²) in [6, 6.07) is 15.4. The largest absolute Gasteiger partial charge is 0.475 e. The number of hydrogen-bond acceptors (Lipinski definition) is 7. The molecule has 2 aromatic carbocycles. The molecule has 2 aromatic heterocycles. The molecule has 0 bridgehead atoms. The summed E-state index contributed by atoms with van der Waals surface area (Å²) < 4.78 is 1.46. The van der Waals surface area contributed by atoms with Crippen molar-refractivity contribution in [2.24, 2.45) is 0 Å². The van der Waals surface area contributed by atoms with Crippen molar-refractivity contribution in [2.45, 2.75) is 13.1 Å². The van der Waals surface area contributed by atoms with Crippen LogP contribution in [-0.2, 0) is 13.1 Å². The molecule has 0 radical (unpaired) electrons. The Hall–Kier alpha value is -4.41. The number of rotatable bonds is 7. The first kappa shape index (κ1) is 18.9. The number of benzene rings is 2. The molecule has 0 unspecified atom stereocenters. The Morgan fingerprint density at radius 1 is 0.900 bits per heavy atom. The van der Waals surface area contributed by atoms with E-state index < -0.39 is 11.9 Å². The van der Waals surface area contributed by atoms with Crippen LogP contribution < -0.4 is 0 Å². The minimum atomic E-state index is -1.23. The lowest BCUT2D eigenvalue weighted by molar-refractivity contribution is 0.0672. The Bertz CT molecular complexity index is 1230. The molecule has 150 valence electrons. The minimum Gasteiger partial charge on any atom is -0.475 e. The summed E-state index contributed by atoms with van der Waals surface area (Å²) in [6.45, 7) is 0.620. The summed E-state index contributed by atoms with van der Waals surface area (Å²) >= 11 is 0. The zero-order valence-electron chi connectivity index (χ0n) is 15.5. The van der Waals surface area contributed by atoms with Gasteiger partial charge in [0.15, 0.2) is 0 Å². The van der Waals surface area contributed by atoms with Crippen molar-refractivity contribution in [3.63, 3.8) is 0 Å². The molecule has 11 heteroatoms. The molecule has 0 amide bonds. The van der Waals surface area contributed by atoms with Gasteiger partial charge in [-0.25, -0.2) is 19.3 Å². The molecule has 0 aliphatic heterocycles. The number of aromatic carboxylic acids is 2. The first-order chi connectivity index (χ1) is 14.5. The predicted molar refractivity (Wildman–Crippen MR) is 102 cm³/mol. The van der Waals surface area contributed by atoms with Gasteiger partial charge in [0.05, 0.1) is 13.1 Å². The van der Waals surface area contributed by atoms with Crippen molar-refractivity contribution in [1.82, 2.24) is 35.0 Å². The normalized spacial score (nSPS) is 10.8. The molecule has 0 fully saturated rings. The van der Waals surface area contributed by atoms with Gasteiger partial charge in [0.1, 0.15) is 6.33 Å². The van der Waals surface area contributed by atoms with Crippen molar-refractivity contribution in [1.29, 1.82) is 0 Å². The molecule has 0 aliphatic carbocycles. The van der Waals surface area contributed by atoms with Crippen LogP contribution in [0.2, 0.25) is 0 Å². The average molecular weight is 405 g/mol. The van der Waals surface area contributed by atoms with Crippen molar-refractivity contribution in [3.05, 3.63) is 77.6 Å². The van der Waals surface area contributed by atoms with Gasteiger partial charge in [-0.1, -0.05) is 42.5 Å². The number of aromatic nitrogens is 7. The molecule has 0 spiro atoms. The second kappa shape index (κ2) is 7.91. The Balaban J connectivity index is 1.60. The third kappa shape index (κ3) is 4.04. The standard InChI is InChI=1S/C19H15N7O4/c27-18(28)16-20-11-25(22-16)9-12-4-3-6-13(8-12)15-7-2-1-5-14(15)10-26-23-17(19(29)30)21-24-26/h1-8,11H,9-10H2,(H,27,28)(H,29,30). The van der Waals surface area contributed by atoms with Gasteiger partial charge in [-0.15, -0.1) is 15.3 Å². The van der Waals surface area contributed by atoms with Crippen LogP contribution in [0.4, 0.5) is 0 Å². The summed E-state index contributed by atoms with van der Waals surface area (Å²) in [4.78, 5) is 26.9. The molecule has 30 heavy (non-hydrogen) atoms. The maximum absolute atomic E-state index is 11.0. The van der Waals surface area contributed by atoms with E-state index in [0.29, 0.717) is 6.54 Å². The summed E-state index contributed by atoms with van der Waals surface area (Å²) in [5.41, 5.74) is 3.66. The summed E-state index contributed by atoms with van der Waals surface area (Å²) in [6.07, 6.45) is 1.38. The van der Waals surface area contributed by atoms with Crippen LogP contribution in [0.1, 0.15) is 32.4 Å². The van der Waals surface area contributed by atoms with Crippen LogP contribution >= 0.6 is 0 Å². The van der Waals surface area contributed by atoms with Gasteiger partial charge in [0, 0.05) is 0 Å². The smallest absolute Gasteiger partial charge is 0.377 e. The van der Waals surface area contributed by atoms with E-state index in [4.69, 9.17) is 10.2 Å². The van der Waals surface area contributed by atoms with Gasteiger partial charge in [-0.3, -0.25) is 0 Å². The van der Waals surface area contributed by atoms with Crippen LogP contribution in [0, 0.1) is 0 Å². The number of carbonyl (C=O) groups is 2. The first-order valence-corrected chi connectivity index (χ1v) is 8.80. The van der Waals surface area contributed by atoms with Crippen molar-refractivity contribution in [3.8, 4) is 11.1 Å². The van der Waals surface area contributed by atoms with Gasteiger partial charge in [-0.2, -0.15) is 4.80 Å². The molecular weight excluding hydrogens is 390 g/mol. The second-order valence-electron chi connectivity index (χ2n) is 6.38. The highest BCUT2D eigenvalue weighted by Gasteiger charge is 2.13. The topological polar surface area (TPSA) is 149 Å². The van der Waals surface area contributed by atoms with Gasteiger partial charge in [0.25, 0.3) is 11.6 Å². The SMILES string of the molecule is O=C(O)c1ncn(Cc2cccc(-c3ccccc3Cn3nnc(C(=O)O)n3)c2)n1. The zero-order chi connectivity index (χ0) is 21.1. The van der Waals surface area contributed by atoms with E-state index in [9.17, 15) is 9.59 Å². The minimum absolute atomic E-state index is 0.252. The number of carboxylic acids is 2. The highest BCUT2D eigenvalue weighted by molar-refractivity contribution is 5.83. The molecule has 2 N–H and O–H groups in total. The van der Waals surface area contributed by atoms with E-state index in [-0.39, 0.29) is 18.2 Å². The quantitative estimate of drug-likeness (QED) is 0.465. The van der Waals surface area contributed by atoms with E-state index >= 15 is 0 Å². The van der Waals surface area contributed by atoms with Gasteiger partial charge < -0.3 is 10.2 Å². The van der Waals surface area contributed by atoms with Crippen LogP contribution in [0.3, 0.4) is 0 Å². The lowest BCUT2D eigenvalue weighted by Crippen LogP contribution is -2.07. The number of nitrogens with zero attached hydrogens (tertiary/aromatic N) is 7. The van der Waals surface area contributed by atoms with Gasteiger partial charge >= 0.3 is 11.9 Å².